The number of amides is 2. The highest BCUT2D eigenvalue weighted by Gasteiger charge is 2.37. The third-order valence-electron chi connectivity index (χ3n) is 5.33. The molecule has 4 rings (SSSR count). The van der Waals surface area contributed by atoms with Crippen LogP contribution < -0.4 is 15.6 Å². The predicted molar refractivity (Wildman–Crippen MR) is 121 cm³/mol. The van der Waals surface area contributed by atoms with Crippen molar-refractivity contribution in [2.45, 2.75) is 38.4 Å². The highest BCUT2D eigenvalue weighted by Crippen LogP contribution is 2.25. The monoisotopic (exact) mass is 437 g/mol. The lowest BCUT2D eigenvalue weighted by molar-refractivity contribution is -0.123. The van der Waals surface area contributed by atoms with E-state index in [1.165, 1.54) is 0 Å². The van der Waals surface area contributed by atoms with E-state index in [1.54, 1.807) is 35.4 Å². The number of carbonyl (C=O) groups excluding carboxylic acids is 2. The Kier molecular flexibility index (Phi) is 6.23. The number of fused-ring (bicyclic) bond motifs is 1. The zero-order chi connectivity index (χ0) is 21.8. The molecule has 2 aromatic rings. The van der Waals surface area contributed by atoms with E-state index in [2.05, 4.69) is 15.8 Å². The minimum absolute atomic E-state index is 0.00126. The summed E-state index contributed by atoms with van der Waals surface area (Å²) in [5.41, 5.74) is 4.72. The number of amidine groups is 1. The van der Waals surface area contributed by atoms with Crippen molar-refractivity contribution in [3.63, 3.8) is 0 Å². The molecule has 2 aliphatic heterocycles. The lowest BCUT2D eigenvalue weighted by Gasteiger charge is -2.32. The van der Waals surface area contributed by atoms with Crippen LogP contribution in [-0.2, 0) is 9.59 Å². The second kappa shape index (κ2) is 9.22. The molecular formula is C23H24ClN5O2. The van der Waals surface area contributed by atoms with Gasteiger partial charge in [-0.25, -0.2) is 0 Å². The summed E-state index contributed by atoms with van der Waals surface area (Å²) in [6.45, 7) is 1.97. The molecule has 2 aromatic carbocycles. The van der Waals surface area contributed by atoms with E-state index in [-0.39, 0.29) is 17.9 Å². The lowest BCUT2D eigenvalue weighted by atomic mass is 10.1. The average Bonchev–Trinajstić information content (AvgIpc) is 3.19. The van der Waals surface area contributed by atoms with Gasteiger partial charge in [0.25, 0.3) is 5.91 Å². The van der Waals surface area contributed by atoms with Crippen LogP contribution in [0.4, 0.5) is 5.69 Å². The van der Waals surface area contributed by atoms with Crippen LogP contribution in [0.15, 0.2) is 72.1 Å². The summed E-state index contributed by atoms with van der Waals surface area (Å²) in [5, 5.41) is 7.96. The number of hydrogen-bond acceptors (Lipinski definition) is 5. The summed E-state index contributed by atoms with van der Waals surface area (Å²) in [4.78, 5) is 28.6. The van der Waals surface area contributed by atoms with Gasteiger partial charge in [-0.2, -0.15) is 5.10 Å². The number of hydrazone groups is 1. The maximum absolute atomic E-state index is 12.9. The average molecular weight is 438 g/mol. The van der Waals surface area contributed by atoms with Crippen LogP contribution in [0.25, 0.3) is 0 Å². The van der Waals surface area contributed by atoms with Gasteiger partial charge >= 0.3 is 0 Å². The maximum atomic E-state index is 12.9. The van der Waals surface area contributed by atoms with Gasteiger partial charge in [0.2, 0.25) is 12.1 Å². The van der Waals surface area contributed by atoms with Crippen molar-refractivity contribution >= 4 is 34.9 Å². The van der Waals surface area contributed by atoms with Crippen molar-refractivity contribution in [1.29, 1.82) is 0 Å². The molecule has 0 saturated carbocycles. The van der Waals surface area contributed by atoms with Crippen LogP contribution >= 0.6 is 11.6 Å². The molecule has 31 heavy (non-hydrogen) atoms. The fraction of sp³-hybridized carbons (Fsp3) is 0.261. The van der Waals surface area contributed by atoms with Crippen molar-refractivity contribution in [2.75, 3.05) is 4.90 Å². The van der Waals surface area contributed by atoms with Crippen molar-refractivity contribution < 1.29 is 9.59 Å². The molecule has 0 aliphatic carbocycles. The van der Waals surface area contributed by atoms with Crippen LogP contribution in [-0.4, -0.2) is 28.7 Å². The first-order valence-electron chi connectivity index (χ1n) is 10.2. The van der Waals surface area contributed by atoms with E-state index in [9.17, 15) is 9.59 Å². The molecule has 2 unspecified atom stereocenters. The number of halogens is 1. The van der Waals surface area contributed by atoms with E-state index in [1.807, 2.05) is 48.4 Å². The van der Waals surface area contributed by atoms with Crippen LogP contribution in [0, 0.1) is 0 Å². The van der Waals surface area contributed by atoms with Gasteiger partial charge in [-0.3, -0.25) is 19.9 Å². The molecule has 2 atom stereocenters. The number of nitrogens with zero attached hydrogens (tertiary/aromatic N) is 3. The van der Waals surface area contributed by atoms with Gasteiger partial charge in [-0.15, -0.1) is 0 Å². The lowest BCUT2D eigenvalue weighted by Crippen LogP contribution is -2.52. The standard InChI is InChI=1S/C23H24ClN5O2/c1-16(17-6-3-2-4-7-17)25-21(30)9-5-8-20-26-27-22-23(31)28(14-15-29(20)22)19-12-10-18(24)11-13-19/h2-4,6-7,10-16,22,27H,5,8-9H2,1H3,(H,25,30). The third-order valence-corrected chi connectivity index (χ3v) is 5.58. The predicted octanol–water partition coefficient (Wildman–Crippen LogP) is 3.75. The van der Waals surface area contributed by atoms with Gasteiger partial charge in [0.15, 0.2) is 0 Å². The Labute approximate surface area is 186 Å². The zero-order valence-electron chi connectivity index (χ0n) is 17.2. The molecule has 0 saturated heterocycles. The first-order valence-corrected chi connectivity index (χ1v) is 10.6. The number of anilines is 1. The Morgan fingerprint density at radius 3 is 2.65 bits per heavy atom. The smallest absolute Gasteiger partial charge is 0.276 e. The molecule has 2 amide bonds. The summed E-state index contributed by atoms with van der Waals surface area (Å²) in [5.74, 6) is 0.617. The molecule has 2 heterocycles. The zero-order valence-corrected chi connectivity index (χ0v) is 17.9. The third kappa shape index (κ3) is 4.72. The molecule has 2 aliphatic rings. The summed E-state index contributed by atoms with van der Waals surface area (Å²) < 4.78 is 0. The van der Waals surface area contributed by atoms with Gasteiger partial charge in [0, 0.05) is 36.0 Å². The summed E-state index contributed by atoms with van der Waals surface area (Å²) in [6.07, 6.45) is 4.59. The summed E-state index contributed by atoms with van der Waals surface area (Å²) in [7, 11) is 0. The van der Waals surface area contributed by atoms with Gasteiger partial charge in [0.05, 0.1) is 6.04 Å². The molecule has 2 N–H and O–H groups in total. The van der Waals surface area contributed by atoms with E-state index >= 15 is 0 Å². The van der Waals surface area contributed by atoms with Gasteiger partial charge in [-0.05, 0) is 43.2 Å². The Morgan fingerprint density at radius 1 is 1.16 bits per heavy atom. The number of nitrogens with one attached hydrogen (secondary N) is 2. The Bertz CT molecular complexity index is 1010. The van der Waals surface area contributed by atoms with Crippen molar-refractivity contribution in [1.82, 2.24) is 15.6 Å². The minimum Gasteiger partial charge on any atom is -0.350 e. The Morgan fingerprint density at radius 2 is 1.90 bits per heavy atom. The fourth-order valence-corrected chi connectivity index (χ4v) is 3.77. The second-order valence-electron chi connectivity index (χ2n) is 7.50. The van der Waals surface area contributed by atoms with Crippen LogP contribution in [0.3, 0.4) is 0 Å². The van der Waals surface area contributed by atoms with E-state index in [0.717, 1.165) is 17.1 Å². The Balaban J connectivity index is 1.29. The number of rotatable bonds is 7. The Hall–Kier alpha value is -3.32. The van der Waals surface area contributed by atoms with Crippen molar-refractivity contribution in [2.24, 2.45) is 5.10 Å². The van der Waals surface area contributed by atoms with Gasteiger partial charge in [0.1, 0.15) is 5.84 Å². The molecule has 0 radical (unpaired) electrons. The first-order chi connectivity index (χ1) is 15.0. The van der Waals surface area contributed by atoms with E-state index in [0.29, 0.717) is 24.3 Å². The molecule has 0 spiro atoms. The van der Waals surface area contributed by atoms with Crippen molar-refractivity contribution in [3.05, 3.63) is 77.6 Å². The first kappa shape index (κ1) is 20.9. The molecule has 7 nitrogen and oxygen atoms in total. The molecular weight excluding hydrogens is 414 g/mol. The molecule has 0 fully saturated rings. The number of benzene rings is 2. The van der Waals surface area contributed by atoms with Crippen molar-refractivity contribution in [3.8, 4) is 0 Å². The molecule has 8 heteroatoms. The van der Waals surface area contributed by atoms with Gasteiger partial charge < -0.3 is 10.2 Å². The number of hydrogen-bond donors (Lipinski definition) is 2. The quantitative estimate of drug-likeness (QED) is 0.691. The molecule has 0 aromatic heterocycles. The van der Waals surface area contributed by atoms with Crippen LogP contribution in [0.1, 0.15) is 37.8 Å². The highest BCUT2D eigenvalue weighted by molar-refractivity contribution is 6.30. The molecule has 160 valence electrons. The summed E-state index contributed by atoms with van der Waals surface area (Å²) >= 11 is 5.94. The topological polar surface area (TPSA) is 77.0 Å². The SMILES string of the molecule is CC(NC(=O)CCCC1=NNC2C(=O)N(c3ccc(Cl)cc3)C=CN12)c1ccccc1. The highest BCUT2D eigenvalue weighted by atomic mass is 35.5. The van der Waals surface area contributed by atoms with E-state index in [4.69, 9.17) is 11.6 Å². The van der Waals surface area contributed by atoms with E-state index < -0.39 is 6.17 Å². The minimum atomic E-state index is -0.581. The van der Waals surface area contributed by atoms with Crippen LogP contribution in [0.5, 0.6) is 0 Å². The fourth-order valence-electron chi connectivity index (χ4n) is 3.64. The maximum Gasteiger partial charge on any atom is 0.276 e. The largest absolute Gasteiger partial charge is 0.350 e. The summed E-state index contributed by atoms with van der Waals surface area (Å²) in [6, 6.07) is 16.9. The van der Waals surface area contributed by atoms with Gasteiger partial charge in [-0.1, -0.05) is 41.9 Å². The van der Waals surface area contributed by atoms with Crippen LogP contribution in [0.2, 0.25) is 5.02 Å². The normalized spacial score (nSPS) is 18.3. The molecule has 0 bridgehead atoms. The second-order valence-corrected chi connectivity index (χ2v) is 7.94. The number of carbonyl (C=O) groups is 2.